The molecule has 0 spiro atoms. The van der Waals surface area contributed by atoms with E-state index >= 15 is 0 Å². The second kappa shape index (κ2) is 8.54. The highest BCUT2D eigenvalue weighted by atomic mass is 16.5. The van der Waals surface area contributed by atoms with E-state index in [-0.39, 0.29) is 12.3 Å². The number of carbonyl (C=O) groups excluding carboxylic acids is 1. The molecule has 3 aromatic rings. The molecule has 2 aromatic carbocycles. The van der Waals surface area contributed by atoms with Crippen LogP contribution in [0.25, 0.3) is 11.5 Å². The molecular weight excluding hydrogens is 340 g/mol. The maximum atomic E-state index is 12.3. The lowest BCUT2D eigenvalue weighted by atomic mass is 10.1. The van der Waals surface area contributed by atoms with Gasteiger partial charge < -0.3 is 14.5 Å². The van der Waals surface area contributed by atoms with Crippen LogP contribution in [-0.2, 0) is 17.6 Å². The van der Waals surface area contributed by atoms with Gasteiger partial charge in [0.25, 0.3) is 0 Å². The summed E-state index contributed by atoms with van der Waals surface area (Å²) in [5, 5.41) is 2.94. The SMILES string of the molecule is COc1cccc(CCNC(=O)Cc2nc(-c3ccccc3C)oc2C)c1. The zero-order chi connectivity index (χ0) is 19.2. The number of aryl methyl sites for hydroxylation is 2. The Balaban J connectivity index is 1.57. The van der Waals surface area contributed by atoms with Crippen LogP contribution in [0.4, 0.5) is 0 Å². The van der Waals surface area contributed by atoms with Gasteiger partial charge in [-0.15, -0.1) is 0 Å². The highest BCUT2D eigenvalue weighted by Crippen LogP contribution is 2.24. The van der Waals surface area contributed by atoms with Crippen molar-refractivity contribution in [2.75, 3.05) is 13.7 Å². The summed E-state index contributed by atoms with van der Waals surface area (Å²) in [5.41, 5.74) is 3.83. The standard InChI is InChI=1S/C22H24N2O3/c1-15-7-4-5-10-19(15)22-24-20(16(2)27-22)14-21(25)23-12-11-17-8-6-9-18(13-17)26-3/h4-10,13H,11-12,14H2,1-3H3,(H,23,25). The Hall–Kier alpha value is -3.08. The summed E-state index contributed by atoms with van der Waals surface area (Å²) in [6, 6.07) is 15.8. The van der Waals surface area contributed by atoms with Crippen LogP contribution in [0.5, 0.6) is 5.75 Å². The van der Waals surface area contributed by atoms with Crippen molar-refractivity contribution < 1.29 is 13.9 Å². The van der Waals surface area contributed by atoms with Crippen molar-refractivity contribution in [3.05, 3.63) is 71.1 Å². The molecule has 1 N–H and O–H groups in total. The molecule has 0 aliphatic heterocycles. The summed E-state index contributed by atoms with van der Waals surface area (Å²) in [5.74, 6) is 1.99. The number of ether oxygens (including phenoxy) is 1. The fourth-order valence-corrected chi connectivity index (χ4v) is 2.91. The van der Waals surface area contributed by atoms with Gasteiger partial charge in [-0.05, 0) is 49.6 Å². The number of hydrogen-bond donors (Lipinski definition) is 1. The van der Waals surface area contributed by atoms with Gasteiger partial charge in [-0.2, -0.15) is 0 Å². The third-order valence-electron chi connectivity index (χ3n) is 4.47. The molecule has 3 rings (SSSR count). The molecule has 0 unspecified atom stereocenters. The molecule has 1 amide bonds. The van der Waals surface area contributed by atoms with E-state index in [4.69, 9.17) is 9.15 Å². The summed E-state index contributed by atoms with van der Waals surface area (Å²) in [6.07, 6.45) is 0.953. The molecule has 0 atom stereocenters. The number of aromatic nitrogens is 1. The molecule has 1 aromatic heterocycles. The Morgan fingerprint density at radius 2 is 1.96 bits per heavy atom. The summed E-state index contributed by atoms with van der Waals surface area (Å²) >= 11 is 0. The minimum absolute atomic E-state index is 0.0642. The highest BCUT2D eigenvalue weighted by molar-refractivity contribution is 5.78. The van der Waals surface area contributed by atoms with Crippen molar-refractivity contribution in [1.29, 1.82) is 0 Å². The van der Waals surface area contributed by atoms with Gasteiger partial charge >= 0.3 is 0 Å². The van der Waals surface area contributed by atoms with E-state index in [1.54, 1.807) is 7.11 Å². The quantitative estimate of drug-likeness (QED) is 0.691. The minimum Gasteiger partial charge on any atom is -0.497 e. The normalized spacial score (nSPS) is 10.6. The Kier molecular flexibility index (Phi) is 5.91. The molecule has 5 heteroatoms. The molecule has 1 heterocycles. The highest BCUT2D eigenvalue weighted by Gasteiger charge is 2.15. The fourth-order valence-electron chi connectivity index (χ4n) is 2.91. The summed E-state index contributed by atoms with van der Waals surface area (Å²) in [7, 11) is 1.65. The van der Waals surface area contributed by atoms with E-state index < -0.39 is 0 Å². The lowest BCUT2D eigenvalue weighted by Crippen LogP contribution is -2.27. The van der Waals surface area contributed by atoms with E-state index in [2.05, 4.69) is 10.3 Å². The van der Waals surface area contributed by atoms with E-state index in [1.807, 2.05) is 62.4 Å². The van der Waals surface area contributed by atoms with Crippen LogP contribution in [0.3, 0.4) is 0 Å². The van der Waals surface area contributed by atoms with Gasteiger partial charge in [0.2, 0.25) is 11.8 Å². The van der Waals surface area contributed by atoms with E-state index in [9.17, 15) is 4.79 Å². The maximum Gasteiger partial charge on any atom is 0.226 e. The molecule has 27 heavy (non-hydrogen) atoms. The number of methoxy groups -OCH3 is 1. The second-order valence-corrected chi connectivity index (χ2v) is 6.47. The summed E-state index contributed by atoms with van der Waals surface area (Å²) < 4.78 is 11.0. The average Bonchev–Trinajstić information content (AvgIpc) is 3.02. The maximum absolute atomic E-state index is 12.3. The van der Waals surface area contributed by atoms with Gasteiger partial charge in [0.1, 0.15) is 11.5 Å². The Morgan fingerprint density at radius 3 is 2.74 bits per heavy atom. The van der Waals surface area contributed by atoms with Gasteiger partial charge in [0, 0.05) is 12.1 Å². The fraction of sp³-hybridized carbons (Fsp3) is 0.273. The number of oxazole rings is 1. The zero-order valence-corrected chi connectivity index (χ0v) is 15.9. The summed E-state index contributed by atoms with van der Waals surface area (Å²) in [6.45, 7) is 4.42. The summed E-state index contributed by atoms with van der Waals surface area (Å²) in [4.78, 5) is 16.8. The van der Waals surface area contributed by atoms with Crippen molar-refractivity contribution in [2.45, 2.75) is 26.7 Å². The number of hydrogen-bond acceptors (Lipinski definition) is 4. The van der Waals surface area contributed by atoms with Crippen LogP contribution in [0.15, 0.2) is 52.9 Å². The first-order valence-corrected chi connectivity index (χ1v) is 8.98. The minimum atomic E-state index is -0.0642. The van der Waals surface area contributed by atoms with Crippen molar-refractivity contribution >= 4 is 5.91 Å². The Morgan fingerprint density at radius 1 is 1.15 bits per heavy atom. The third-order valence-corrected chi connectivity index (χ3v) is 4.47. The topological polar surface area (TPSA) is 64.4 Å². The molecule has 0 aliphatic rings. The van der Waals surface area contributed by atoms with E-state index in [0.717, 1.165) is 28.9 Å². The molecule has 0 radical (unpaired) electrons. The van der Waals surface area contributed by atoms with Crippen LogP contribution in [0.1, 0.15) is 22.6 Å². The van der Waals surface area contributed by atoms with Crippen molar-refractivity contribution in [3.8, 4) is 17.2 Å². The van der Waals surface area contributed by atoms with Crippen molar-refractivity contribution in [2.24, 2.45) is 0 Å². The first kappa shape index (κ1) is 18.7. The third kappa shape index (κ3) is 4.76. The van der Waals surface area contributed by atoms with Crippen LogP contribution >= 0.6 is 0 Å². The van der Waals surface area contributed by atoms with E-state index in [1.165, 1.54) is 0 Å². The molecule has 0 aliphatic carbocycles. The van der Waals surface area contributed by atoms with E-state index in [0.29, 0.717) is 23.9 Å². The molecule has 140 valence electrons. The lowest BCUT2D eigenvalue weighted by Gasteiger charge is -2.06. The molecule has 0 saturated carbocycles. The van der Waals surface area contributed by atoms with Gasteiger partial charge in [0.05, 0.1) is 19.2 Å². The van der Waals surface area contributed by atoms with Crippen molar-refractivity contribution in [1.82, 2.24) is 10.3 Å². The van der Waals surface area contributed by atoms with Crippen LogP contribution < -0.4 is 10.1 Å². The largest absolute Gasteiger partial charge is 0.497 e. The van der Waals surface area contributed by atoms with Gasteiger partial charge in [-0.1, -0.05) is 30.3 Å². The van der Waals surface area contributed by atoms with Crippen LogP contribution in [0.2, 0.25) is 0 Å². The number of nitrogens with one attached hydrogen (secondary N) is 1. The monoisotopic (exact) mass is 364 g/mol. The van der Waals surface area contributed by atoms with Gasteiger partial charge in [-0.25, -0.2) is 4.98 Å². The Bertz CT molecular complexity index is 931. The van der Waals surface area contributed by atoms with Crippen LogP contribution in [0, 0.1) is 13.8 Å². The molecule has 0 fully saturated rings. The van der Waals surface area contributed by atoms with Gasteiger partial charge in [-0.3, -0.25) is 4.79 Å². The number of nitrogens with zero attached hydrogens (tertiary/aromatic N) is 1. The zero-order valence-electron chi connectivity index (χ0n) is 15.9. The Labute approximate surface area is 159 Å². The van der Waals surface area contributed by atoms with Crippen LogP contribution in [-0.4, -0.2) is 24.5 Å². The molecule has 0 saturated heterocycles. The van der Waals surface area contributed by atoms with Gasteiger partial charge in [0.15, 0.2) is 0 Å². The molecule has 5 nitrogen and oxygen atoms in total. The molecular formula is C22H24N2O3. The predicted octanol–water partition coefficient (Wildman–Crippen LogP) is 3.87. The smallest absolute Gasteiger partial charge is 0.226 e. The number of benzene rings is 2. The number of amides is 1. The molecule has 0 bridgehead atoms. The van der Waals surface area contributed by atoms with Crippen molar-refractivity contribution in [3.63, 3.8) is 0 Å². The number of rotatable bonds is 7. The first-order valence-electron chi connectivity index (χ1n) is 8.98. The first-order chi connectivity index (χ1) is 13.1. The average molecular weight is 364 g/mol. The lowest BCUT2D eigenvalue weighted by molar-refractivity contribution is -0.120. The second-order valence-electron chi connectivity index (χ2n) is 6.47. The number of carbonyl (C=O) groups is 1. The predicted molar refractivity (Wildman–Crippen MR) is 105 cm³/mol.